The van der Waals surface area contributed by atoms with Gasteiger partial charge >= 0.3 is 6.09 Å². The van der Waals surface area contributed by atoms with Crippen molar-refractivity contribution < 1.29 is 22.7 Å². The minimum atomic E-state index is -3.38. The van der Waals surface area contributed by atoms with Gasteiger partial charge in [0.15, 0.2) is 0 Å². The molecule has 1 fully saturated rings. The van der Waals surface area contributed by atoms with Crippen molar-refractivity contribution in [3.05, 3.63) is 35.9 Å². The lowest BCUT2D eigenvalue weighted by Crippen LogP contribution is -2.51. The Balaban J connectivity index is 1.83. The topological polar surface area (TPSA) is 96.0 Å². The second-order valence-corrected chi connectivity index (χ2v) is 7.43. The summed E-state index contributed by atoms with van der Waals surface area (Å²) in [5, 5.41) is 2.08. The van der Waals surface area contributed by atoms with Gasteiger partial charge in [0.1, 0.15) is 0 Å². The number of carbonyl (C=O) groups excluding carboxylic acids is 2. The monoisotopic (exact) mass is 355 g/mol. The van der Waals surface area contributed by atoms with Gasteiger partial charge in [-0.15, -0.1) is 0 Å². The van der Waals surface area contributed by atoms with Crippen molar-refractivity contribution >= 4 is 22.0 Å². The van der Waals surface area contributed by atoms with E-state index in [9.17, 15) is 18.0 Å². The van der Waals surface area contributed by atoms with Crippen molar-refractivity contribution in [1.29, 1.82) is 0 Å². The molecular weight excluding hydrogens is 334 g/mol. The number of hydrogen-bond donors (Lipinski definition) is 1. The van der Waals surface area contributed by atoms with Gasteiger partial charge in [0, 0.05) is 26.2 Å². The van der Waals surface area contributed by atoms with Crippen molar-refractivity contribution in [3.63, 3.8) is 0 Å². The number of alkyl carbamates (subject to hydrolysis) is 1. The number of rotatable bonds is 5. The molecule has 1 aromatic carbocycles. The number of ether oxygens (including phenoxy) is 1. The predicted octanol–water partition coefficient (Wildman–Crippen LogP) is 0.0166. The van der Waals surface area contributed by atoms with E-state index in [2.05, 4.69) is 10.1 Å². The molecule has 1 aromatic rings. The molecule has 0 saturated carbocycles. The molecule has 132 valence electrons. The van der Waals surface area contributed by atoms with Crippen molar-refractivity contribution in [3.8, 4) is 0 Å². The zero-order valence-corrected chi connectivity index (χ0v) is 14.3. The van der Waals surface area contributed by atoms with Gasteiger partial charge in [-0.25, -0.2) is 13.2 Å². The summed E-state index contributed by atoms with van der Waals surface area (Å²) in [7, 11) is -2.20. The second kappa shape index (κ2) is 8.22. The zero-order chi connectivity index (χ0) is 17.6. The lowest BCUT2D eigenvalue weighted by Gasteiger charge is -2.33. The number of nitrogens with zero attached hydrogens (tertiary/aromatic N) is 2. The summed E-state index contributed by atoms with van der Waals surface area (Å²) in [6.07, 6.45) is -0.802. The van der Waals surface area contributed by atoms with Crippen LogP contribution in [-0.2, 0) is 25.3 Å². The Kier molecular flexibility index (Phi) is 6.29. The van der Waals surface area contributed by atoms with Gasteiger partial charge in [0.05, 0.1) is 19.4 Å². The third-order valence-electron chi connectivity index (χ3n) is 3.71. The number of hydrogen-bond acceptors (Lipinski definition) is 6. The largest absolute Gasteiger partial charge is 0.453 e. The van der Waals surface area contributed by atoms with Gasteiger partial charge in [-0.3, -0.25) is 15.0 Å². The molecule has 0 bridgehead atoms. The number of amides is 2. The van der Waals surface area contributed by atoms with Crippen LogP contribution in [0.5, 0.6) is 0 Å². The SMILES string of the molecule is COC(=O)NC(=O)CN1CCN(S(=O)(=O)Cc2ccccc2)CC1. The Morgan fingerprint density at radius 1 is 1.12 bits per heavy atom. The van der Waals surface area contributed by atoms with Gasteiger partial charge in [-0.1, -0.05) is 30.3 Å². The minimum Gasteiger partial charge on any atom is -0.453 e. The van der Waals surface area contributed by atoms with Gasteiger partial charge < -0.3 is 4.74 Å². The first-order valence-corrected chi connectivity index (χ1v) is 9.13. The van der Waals surface area contributed by atoms with E-state index >= 15 is 0 Å². The van der Waals surface area contributed by atoms with Crippen molar-refractivity contribution in [2.45, 2.75) is 5.75 Å². The Labute approximate surface area is 141 Å². The Hall–Kier alpha value is -1.97. The summed E-state index contributed by atoms with van der Waals surface area (Å²) >= 11 is 0. The molecule has 0 aromatic heterocycles. The fraction of sp³-hybridized carbons (Fsp3) is 0.467. The highest BCUT2D eigenvalue weighted by atomic mass is 32.2. The quantitative estimate of drug-likeness (QED) is 0.800. The number of nitrogens with one attached hydrogen (secondary N) is 1. The fourth-order valence-electron chi connectivity index (χ4n) is 2.45. The maximum absolute atomic E-state index is 12.4. The standard InChI is InChI=1S/C15H21N3O5S/c1-23-15(20)16-14(19)11-17-7-9-18(10-8-17)24(21,22)12-13-5-3-2-4-6-13/h2-6H,7-12H2,1H3,(H,16,19,20). The summed E-state index contributed by atoms with van der Waals surface area (Å²) in [5.41, 5.74) is 0.748. The summed E-state index contributed by atoms with van der Waals surface area (Å²) in [5.74, 6) is -0.501. The molecule has 2 amide bonds. The third-order valence-corrected chi connectivity index (χ3v) is 5.56. The van der Waals surface area contributed by atoms with E-state index in [4.69, 9.17) is 0 Å². The van der Waals surface area contributed by atoms with Crippen LogP contribution in [0.1, 0.15) is 5.56 Å². The smallest absolute Gasteiger partial charge is 0.413 e. The van der Waals surface area contributed by atoms with Crippen LogP contribution in [0, 0.1) is 0 Å². The van der Waals surface area contributed by atoms with Crippen LogP contribution in [0.3, 0.4) is 0 Å². The molecule has 1 heterocycles. The average molecular weight is 355 g/mol. The molecule has 8 nitrogen and oxygen atoms in total. The van der Waals surface area contributed by atoms with Crippen molar-refractivity contribution in [1.82, 2.24) is 14.5 Å². The number of imide groups is 1. The van der Waals surface area contributed by atoms with Gasteiger partial charge in [-0.05, 0) is 5.56 Å². The molecule has 1 aliphatic rings. The average Bonchev–Trinajstić information content (AvgIpc) is 2.55. The van der Waals surface area contributed by atoms with E-state index in [1.807, 2.05) is 18.2 Å². The van der Waals surface area contributed by atoms with Crippen molar-refractivity contribution in [2.75, 3.05) is 39.8 Å². The normalized spacial score (nSPS) is 16.5. The van der Waals surface area contributed by atoms with Gasteiger partial charge in [-0.2, -0.15) is 4.31 Å². The first kappa shape index (κ1) is 18.4. The Morgan fingerprint density at radius 2 is 1.75 bits per heavy atom. The molecule has 0 unspecified atom stereocenters. The maximum atomic E-state index is 12.4. The molecule has 0 aliphatic carbocycles. The molecule has 1 saturated heterocycles. The van der Waals surface area contributed by atoms with Crippen LogP contribution < -0.4 is 5.32 Å². The minimum absolute atomic E-state index is 0.0294. The first-order valence-electron chi connectivity index (χ1n) is 7.52. The summed E-state index contributed by atoms with van der Waals surface area (Å²) < 4.78 is 30.7. The molecule has 0 spiro atoms. The summed E-state index contributed by atoms with van der Waals surface area (Å²) in [6, 6.07) is 9.02. The molecule has 9 heteroatoms. The van der Waals surface area contributed by atoms with E-state index in [0.717, 1.165) is 5.56 Å². The van der Waals surface area contributed by atoms with Crippen molar-refractivity contribution in [2.24, 2.45) is 0 Å². The van der Waals surface area contributed by atoms with Gasteiger partial charge in [0.2, 0.25) is 15.9 Å². The second-order valence-electron chi connectivity index (χ2n) is 5.46. The highest BCUT2D eigenvalue weighted by Crippen LogP contribution is 2.13. The predicted molar refractivity (Wildman–Crippen MR) is 87.6 cm³/mol. The van der Waals surface area contributed by atoms with E-state index in [0.29, 0.717) is 26.2 Å². The van der Waals surface area contributed by atoms with Crippen LogP contribution in [0.2, 0.25) is 0 Å². The van der Waals surface area contributed by atoms with E-state index in [1.54, 1.807) is 17.0 Å². The van der Waals surface area contributed by atoms with E-state index < -0.39 is 22.0 Å². The van der Waals surface area contributed by atoms with E-state index in [-0.39, 0.29) is 12.3 Å². The van der Waals surface area contributed by atoms with E-state index in [1.165, 1.54) is 11.4 Å². The lowest BCUT2D eigenvalue weighted by atomic mass is 10.2. The molecule has 2 rings (SSSR count). The Morgan fingerprint density at radius 3 is 2.33 bits per heavy atom. The molecule has 0 atom stereocenters. The Bertz CT molecular complexity index is 670. The highest BCUT2D eigenvalue weighted by molar-refractivity contribution is 7.88. The third kappa shape index (κ3) is 5.29. The number of carbonyl (C=O) groups is 2. The molecule has 1 N–H and O–H groups in total. The fourth-order valence-corrected chi connectivity index (χ4v) is 3.97. The first-order chi connectivity index (χ1) is 11.4. The molecular formula is C15H21N3O5S. The van der Waals surface area contributed by atoms with Crippen LogP contribution in [0.25, 0.3) is 0 Å². The number of benzene rings is 1. The van der Waals surface area contributed by atoms with Gasteiger partial charge in [0.25, 0.3) is 0 Å². The number of methoxy groups -OCH3 is 1. The van der Waals surface area contributed by atoms with Crippen LogP contribution >= 0.6 is 0 Å². The molecule has 24 heavy (non-hydrogen) atoms. The van der Waals surface area contributed by atoms with Crippen LogP contribution in [0.4, 0.5) is 4.79 Å². The molecule has 1 aliphatic heterocycles. The summed E-state index contributed by atoms with van der Waals surface area (Å²) in [4.78, 5) is 24.4. The van der Waals surface area contributed by atoms with Crippen LogP contribution in [-0.4, -0.2) is 69.5 Å². The lowest BCUT2D eigenvalue weighted by molar-refractivity contribution is -0.121. The highest BCUT2D eigenvalue weighted by Gasteiger charge is 2.27. The zero-order valence-electron chi connectivity index (χ0n) is 13.5. The number of sulfonamides is 1. The maximum Gasteiger partial charge on any atom is 0.413 e. The van der Waals surface area contributed by atoms with Crippen LogP contribution in [0.15, 0.2) is 30.3 Å². The summed E-state index contributed by atoms with van der Waals surface area (Å²) in [6.45, 7) is 1.54. The number of piperazine rings is 1. The molecule has 0 radical (unpaired) electrons.